The number of hydrogen-bond acceptors (Lipinski definition) is 6. The molecule has 0 aliphatic rings. The lowest BCUT2D eigenvalue weighted by atomic mass is 10.1. The number of nitrogens with zero attached hydrogens (tertiary/aromatic N) is 3. The molecule has 0 saturated heterocycles. The van der Waals surface area contributed by atoms with Gasteiger partial charge in [0.1, 0.15) is 5.54 Å². The van der Waals surface area contributed by atoms with Gasteiger partial charge in [0.2, 0.25) is 5.91 Å². The van der Waals surface area contributed by atoms with Gasteiger partial charge in [-0.15, -0.1) is 0 Å². The second kappa shape index (κ2) is 4.15. The number of carbonyl (C=O) groups excluding carboxylic acids is 1. The Balaban J connectivity index is 2.49. The number of amides is 1. The molecule has 2 heterocycles. The molecular formula is C10H15N7O. The number of nitrogen functional groups attached to an aromatic ring is 1. The van der Waals surface area contributed by atoms with Gasteiger partial charge in [0, 0.05) is 12.4 Å². The molecule has 0 radical (unpaired) electrons. The molecule has 0 fully saturated rings. The molecule has 6 N–H and O–H groups in total. The van der Waals surface area contributed by atoms with Crippen LogP contribution in [0.2, 0.25) is 0 Å². The first-order valence-electron chi connectivity index (χ1n) is 5.32. The van der Waals surface area contributed by atoms with Gasteiger partial charge in [-0.3, -0.25) is 4.79 Å². The number of hydrogen-bond donors (Lipinski definition) is 4. The van der Waals surface area contributed by atoms with Gasteiger partial charge < -0.3 is 20.9 Å². The van der Waals surface area contributed by atoms with Crippen molar-refractivity contribution in [3.8, 4) is 0 Å². The minimum Gasteiger partial charge on any atom is -0.368 e. The van der Waals surface area contributed by atoms with E-state index in [1.165, 1.54) is 0 Å². The summed E-state index contributed by atoms with van der Waals surface area (Å²) in [4.78, 5) is 19.7. The molecule has 0 unspecified atom stereocenters. The normalized spacial score (nSPS) is 11.5. The molecule has 2 aromatic heterocycles. The lowest BCUT2D eigenvalue weighted by molar-refractivity contribution is -0.121. The molecule has 0 bridgehead atoms. The van der Waals surface area contributed by atoms with E-state index in [-0.39, 0.29) is 0 Å². The van der Waals surface area contributed by atoms with Crippen LogP contribution in [0.5, 0.6) is 0 Å². The van der Waals surface area contributed by atoms with Gasteiger partial charge in [-0.25, -0.2) is 15.8 Å². The van der Waals surface area contributed by atoms with Crippen LogP contribution in [-0.2, 0) is 4.79 Å². The Kier molecular flexibility index (Phi) is 2.79. The fourth-order valence-corrected chi connectivity index (χ4v) is 1.44. The van der Waals surface area contributed by atoms with Crippen molar-refractivity contribution in [2.24, 2.45) is 11.6 Å². The summed E-state index contributed by atoms with van der Waals surface area (Å²) in [5.41, 5.74) is 7.41. The minimum absolute atomic E-state index is 0.430. The number of rotatable bonds is 4. The maximum absolute atomic E-state index is 11.3. The Bertz CT molecular complexity index is 589. The zero-order valence-corrected chi connectivity index (χ0v) is 10.1. The van der Waals surface area contributed by atoms with Crippen molar-refractivity contribution in [2.45, 2.75) is 19.4 Å². The topological polar surface area (TPSA) is 123 Å². The Labute approximate surface area is 103 Å². The van der Waals surface area contributed by atoms with Crippen molar-refractivity contribution >= 4 is 23.2 Å². The number of nitrogens with two attached hydrogens (primary N) is 2. The lowest BCUT2D eigenvalue weighted by Gasteiger charge is -2.23. The van der Waals surface area contributed by atoms with Crippen LogP contribution in [0.4, 0.5) is 11.6 Å². The van der Waals surface area contributed by atoms with Crippen LogP contribution in [0, 0.1) is 0 Å². The van der Waals surface area contributed by atoms with E-state index in [1.54, 1.807) is 36.8 Å². The quantitative estimate of drug-likeness (QED) is 0.435. The Morgan fingerprint density at radius 3 is 2.83 bits per heavy atom. The SMILES string of the molecule is CC(C)(Nc1nc(NN)cn2ccnc12)C(N)=O. The highest BCUT2D eigenvalue weighted by atomic mass is 16.1. The number of hydrazine groups is 1. The second-order valence-corrected chi connectivity index (χ2v) is 4.39. The van der Waals surface area contributed by atoms with E-state index in [1.807, 2.05) is 0 Å². The molecule has 0 spiro atoms. The van der Waals surface area contributed by atoms with Crippen LogP contribution in [0.1, 0.15) is 13.8 Å². The summed E-state index contributed by atoms with van der Waals surface area (Å²) in [6.07, 6.45) is 5.06. The van der Waals surface area contributed by atoms with Gasteiger partial charge in [-0.1, -0.05) is 0 Å². The predicted molar refractivity (Wildman–Crippen MR) is 67.7 cm³/mol. The van der Waals surface area contributed by atoms with Crippen molar-refractivity contribution in [2.75, 3.05) is 10.7 Å². The van der Waals surface area contributed by atoms with Gasteiger partial charge in [0.25, 0.3) is 0 Å². The van der Waals surface area contributed by atoms with E-state index >= 15 is 0 Å². The first-order chi connectivity index (χ1) is 8.44. The Morgan fingerprint density at radius 2 is 2.22 bits per heavy atom. The summed E-state index contributed by atoms with van der Waals surface area (Å²) in [7, 11) is 0. The molecule has 8 nitrogen and oxygen atoms in total. The fraction of sp³-hybridized carbons (Fsp3) is 0.300. The number of carbonyl (C=O) groups is 1. The molecule has 0 aromatic carbocycles. The summed E-state index contributed by atoms with van der Waals surface area (Å²) in [6.45, 7) is 3.33. The largest absolute Gasteiger partial charge is 0.368 e. The summed E-state index contributed by atoms with van der Waals surface area (Å²) in [5, 5.41) is 2.96. The van der Waals surface area contributed by atoms with Gasteiger partial charge in [-0.2, -0.15) is 0 Å². The Morgan fingerprint density at radius 1 is 1.50 bits per heavy atom. The third-order valence-corrected chi connectivity index (χ3v) is 2.57. The van der Waals surface area contributed by atoms with Crippen molar-refractivity contribution in [1.82, 2.24) is 14.4 Å². The summed E-state index contributed by atoms with van der Waals surface area (Å²) in [6, 6.07) is 0. The van der Waals surface area contributed by atoms with E-state index in [0.29, 0.717) is 17.3 Å². The molecule has 18 heavy (non-hydrogen) atoms. The molecule has 1 amide bonds. The molecular weight excluding hydrogens is 234 g/mol. The van der Waals surface area contributed by atoms with Gasteiger partial charge >= 0.3 is 0 Å². The first-order valence-corrected chi connectivity index (χ1v) is 5.32. The molecule has 2 rings (SSSR count). The van der Waals surface area contributed by atoms with E-state index in [4.69, 9.17) is 11.6 Å². The molecule has 96 valence electrons. The molecule has 0 saturated carbocycles. The number of nitrogens with one attached hydrogen (secondary N) is 2. The average Bonchev–Trinajstić information content (AvgIpc) is 2.76. The van der Waals surface area contributed by atoms with E-state index in [2.05, 4.69) is 20.7 Å². The average molecular weight is 249 g/mol. The number of fused-ring (bicyclic) bond motifs is 1. The van der Waals surface area contributed by atoms with Crippen LogP contribution in [0.15, 0.2) is 18.6 Å². The molecule has 0 aliphatic carbocycles. The van der Waals surface area contributed by atoms with Crippen molar-refractivity contribution in [3.05, 3.63) is 18.6 Å². The van der Waals surface area contributed by atoms with E-state index in [9.17, 15) is 4.79 Å². The summed E-state index contributed by atoms with van der Waals surface area (Å²) < 4.78 is 1.74. The van der Waals surface area contributed by atoms with Gasteiger partial charge in [0.05, 0.1) is 6.20 Å². The fourth-order valence-electron chi connectivity index (χ4n) is 1.44. The first kappa shape index (κ1) is 12.1. The second-order valence-electron chi connectivity index (χ2n) is 4.39. The van der Waals surface area contributed by atoms with E-state index < -0.39 is 11.4 Å². The maximum atomic E-state index is 11.3. The van der Waals surface area contributed by atoms with Crippen LogP contribution >= 0.6 is 0 Å². The number of aromatic nitrogens is 3. The predicted octanol–water partition coefficient (Wildman–Crippen LogP) is -0.309. The highest BCUT2D eigenvalue weighted by molar-refractivity contribution is 5.87. The summed E-state index contributed by atoms with van der Waals surface area (Å²) >= 11 is 0. The molecule has 0 aliphatic heterocycles. The maximum Gasteiger partial charge on any atom is 0.242 e. The van der Waals surface area contributed by atoms with Gasteiger partial charge in [-0.05, 0) is 13.8 Å². The van der Waals surface area contributed by atoms with Crippen molar-refractivity contribution in [3.63, 3.8) is 0 Å². The van der Waals surface area contributed by atoms with Crippen LogP contribution in [-0.4, -0.2) is 25.8 Å². The van der Waals surface area contributed by atoms with E-state index in [0.717, 1.165) is 0 Å². The third kappa shape index (κ3) is 2.05. The van der Waals surface area contributed by atoms with Crippen molar-refractivity contribution < 1.29 is 4.79 Å². The Hall–Kier alpha value is -2.35. The lowest BCUT2D eigenvalue weighted by Crippen LogP contribution is -2.45. The molecule has 8 heteroatoms. The van der Waals surface area contributed by atoms with Crippen LogP contribution < -0.4 is 22.3 Å². The zero-order chi connectivity index (χ0) is 13.3. The van der Waals surface area contributed by atoms with Crippen LogP contribution in [0.25, 0.3) is 5.65 Å². The highest BCUT2D eigenvalue weighted by Gasteiger charge is 2.26. The highest BCUT2D eigenvalue weighted by Crippen LogP contribution is 2.19. The summed E-state index contributed by atoms with van der Waals surface area (Å²) in [5.74, 6) is 5.73. The van der Waals surface area contributed by atoms with Crippen LogP contribution in [0.3, 0.4) is 0 Å². The third-order valence-electron chi connectivity index (χ3n) is 2.57. The van der Waals surface area contributed by atoms with Crippen molar-refractivity contribution in [1.29, 1.82) is 0 Å². The molecule has 2 aromatic rings. The molecule has 0 atom stereocenters. The smallest absolute Gasteiger partial charge is 0.242 e. The van der Waals surface area contributed by atoms with Gasteiger partial charge in [0.15, 0.2) is 17.3 Å². The minimum atomic E-state index is -0.938. The monoisotopic (exact) mass is 249 g/mol. The zero-order valence-electron chi connectivity index (χ0n) is 10.1. The number of primary amides is 1. The number of anilines is 2. The number of imidazole rings is 1. The standard InChI is InChI=1S/C10H15N7O/c1-10(2,9(11)18)15-7-8-13-3-4-17(8)5-6(14-7)16-12/h3-5,16H,12H2,1-2H3,(H2,11,18)(H,14,15).